The van der Waals surface area contributed by atoms with Crippen molar-refractivity contribution < 1.29 is 4.39 Å². The van der Waals surface area contributed by atoms with Gasteiger partial charge < -0.3 is 10.6 Å². The number of nitrogens with zero attached hydrogens (tertiary/aromatic N) is 1. The molecule has 0 heterocycles. The van der Waals surface area contributed by atoms with E-state index in [0.717, 1.165) is 15.7 Å². The highest BCUT2D eigenvalue weighted by Crippen LogP contribution is 2.30. The Bertz CT molecular complexity index is 584. The molecular weight excluding hydrogens is 319 g/mol. The van der Waals surface area contributed by atoms with Gasteiger partial charge >= 0.3 is 0 Å². The van der Waals surface area contributed by atoms with Crippen LogP contribution in [0.5, 0.6) is 0 Å². The Morgan fingerprint density at radius 2 is 1.85 bits per heavy atom. The van der Waals surface area contributed by atoms with Gasteiger partial charge in [0.05, 0.1) is 6.04 Å². The number of halogens is 2. The highest BCUT2D eigenvalue weighted by Gasteiger charge is 2.18. The zero-order valence-corrected chi connectivity index (χ0v) is 13.2. The lowest BCUT2D eigenvalue weighted by atomic mass is 10.0. The molecule has 2 aromatic rings. The van der Waals surface area contributed by atoms with Gasteiger partial charge in [-0.15, -0.1) is 0 Å². The van der Waals surface area contributed by atoms with Gasteiger partial charge in [-0.05, 0) is 36.8 Å². The third-order valence-electron chi connectivity index (χ3n) is 3.45. The van der Waals surface area contributed by atoms with E-state index in [-0.39, 0.29) is 11.9 Å². The Morgan fingerprint density at radius 3 is 2.40 bits per heavy atom. The molecular formula is C16H18BrFN2. The zero-order valence-electron chi connectivity index (χ0n) is 11.6. The highest BCUT2D eigenvalue weighted by molar-refractivity contribution is 9.10. The van der Waals surface area contributed by atoms with Crippen molar-refractivity contribution >= 4 is 21.6 Å². The van der Waals surface area contributed by atoms with Gasteiger partial charge in [0.2, 0.25) is 0 Å². The van der Waals surface area contributed by atoms with Crippen LogP contribution in [0.15, 0.2) is 46.9 Å². The molecule has 0 aliphatic carbocycles. The van der Waals surface area contributed by atoms with E-state index in [9.17, 15) is 4.39 Å². The second kappa shape index (κ2) is 6.37. The first-order valence-corrected chi connectivity index (χ1v) is 7.26. The molecule has 0 spiro atoms. The first-order valence-electron chi connectivity index (χ1n) is 6.47. The van der Waals surface area contributed by atoms with Crippen LogP contribution in [0.1, 0.15) is 17.2 Å². The zero-order chi connectivity index (χ0) is 14.7. The number of anilines is 1. The Balaban J connectivity index is 2.33. The summed E-state index contributed by atoms with van der Waals surface area (Å²) in [6, 6.07) is 13.0. The molecule has 106 valence electrons. The quantitative estimate of drug-likeness (QED) is 0.913. The van der Waals surface area contributed by atoms with E-state index in [4.69, 9.17) is 5.73 Å². The first kappa shape index (κ1) is 15.0. The van der Waals surface area contributed by atoms with E-state index < -0.39 is 0 Å². The van der Waals surface area contributed by atoms with Gasteiger partial charge in [-0.25, -0.2) is 4.39 Å². The lowest BCUT2D eigenvalue weighted by Gasteiger charge is -2.30. The summed E-state index contributed by atoms with van der Waals surface area (Å²) in [5, 5.41) is 0. The fourth-order valence-corrected chi connectivity index (χ4v) is 2.84. The maximum Gasteiger partial charge on any atom is 0.124 e. The first-order chi connectivity index (χ1) is 9.52. The summed E-state index contributed by atoms with van der Waals surface area (Å²) in [7, 11) is 2.00. The minimum atomic E-state index is -0.255. The number of hydrogen-bond donors (Lipinski definition) is 1. The normalized spacial score (nSPS) is 12.2. The fourth-order valence-electron chi connectivity index (χ4n) is 2.23. The van der Waals surface area contributed by atoms with Gasteiger partial charge in [0.1, 0.15) is 5.82 Å². The van der Waals surface area contributed by atoms with Crippen molar-refractivity contribution in [2.24, 2.45) is 5.73 Å². The van der Waals surface area contributed by atoms with Crippen molar-refractivity contribution in [3.63, 3.8) is 0 Å². The van der Waals surface area contributed by atoms with Crippen molar-refractivity contribution in [1.82, 2.24) is 0 Å². The predicted molar refractivity (Wildman–Crippen MR) is 85.5 cm³/mol. The number of nitrogens with two attached hydrogens (primary N) is 1. The summed E-state index contributed by atoms with van der Waals surface area (Å²) in [5.74, 6) is -0.255. The summed E-state index contributed by atoms with van der Waals surface area (Å²) in [6.45, 7) is 2.51. The molecule has 0 saturated carbocycles. The minimum Gasteiger partial charge on any atom is -0.366 e. The van der Waals surface area contributed by atoms with E-state index >= 15 is 0 Å². The van der Waals surface area contributed by atoms with Crippen LogP contribution in [0.25, 0.3) is 0 Å². The molecule has 0 fully saturated rings. The predicted octanol–water partition coefficient (Wildman–Crippen LogP) is 4.03. The fraction of sp³-hybridized carbons (Fsp3) is 0.250. The molecule has 0 aliphatic heterocycles. The van der Waals surface area contributed by atoms with Gasteiger partial charge in [-0.3, -0.25) is 0 Å². The largest absolute Gasteiger partial charge is 0.366 e. The highest BCUT2D eigenvalue weighted by atomic mass is 79.9. The van der Waals surface area contributed by atoms with Gasteiger partial charge in [-0.1, -0.05) is 39.7 Å². The van der Waals surface area contributed by atoms with Crippen molar-refractivity contribution in [3.05, 3.63) is 63.9 Å². The maximum atomic E-state index is 13.2. The number of likely N-dealkylation sites (N-methyl/N-ethyl adjacent to an activating group) is 1. The maximum absolute atomic E-state index is 13.2. The van der Waals surface area contributed by atoms with Crippen LogP contribution in [0.3, 0.4) is 0 Å². The second-order valence-electron chi connectivity index (χ2n) is 4.86. The van der Waals surface area contributed by atoms with E-state index in [1.165, 1.54) is 17.7 Å². The molecule has 1 atom stereocenters. The molecule has 20 heavy (non-hydrogen) atoms. The van der Waals surface area contributed by atoms with Crippen LogP contribution in [0, 0.1) is 12.7 Å². The summed E-state index contributed by atoms with van der Waals surface area (Å²) in [6.07, 6.45) is 0. The van der Waals surface area contributed by atoms with E-state index in [2.05, 4.69) is 52.0 Å². The molecule has 0 aromatic heterocycles. The van der Waals surface area contributed by atoms with Crippen LogP contribution in [-0.4, -0.2) is 13.6 Å². The number of aryl methyl sites for hydroxylation is 1. The van der Waals surface area contributed by atoms with Crippen molar-refractivity contribution in [2.45, 2.75) is 13.0 Å². The third-order valence-corrected chi connectivity index (χ3v) is 4.14. The molecule has 2 N–H and O–H groups in total. The van der Waals surface area contributed by atoms with E-state index in [0.29, 0.717) is 6.54 Å². The van der Waals surface area contributed by atoms with Crippen molar-refractivity contribution in [1.29, 1.82) is 0 Å². The summed E-state index contributed by atoms with van der Waals surface area (Å²) >= 11 is 3.42. The lowest BCUT2D eigenvalue weighted by Crippen LogP contribution is -2.30. The van der Waals surface area contributed by atoms with Crippen molar-refractivity contribution in [3.8, 4) is 0 Å². The van der Waals surface area contributed by atoms with Crippen LogP contribution < -0.4 is 10.6 Å². The monoisotopic (exact) mass is 336 g/mol. The summed E-state index contributed by atoms with van der Waals surface area (Å²) in [5.41, 5.74) is 9.21. The molecule has 2 nitrogen and oxygen atoms in total. The Kier molecular flexibility index (Phi) is 4.78. The average Bonchev–Trinajstić information content (AvgIpc) is 2.42. The third kappa shape index (κ3) is 3.19. The SMILES string of the molecule is Cc1ccc(N(C)C(CN)c2ccc(F)cc2Br)cc1. The number of rotatable bonds is 4. The molecule has 0 saturated heterocycles. The summed E-state index contributed by atoms with van der Waals surface area (Å²) in [4.78, 5) is 2.11. The van der Waals surface area contributed by atoms with Crippen LogP contribution in [0.2, 0.25) is 0 Å². The standard InChI is InChI=1S/C16H18BrFN2/c1-11-3-6-13(7-4-11)20(2)16(10-19)14-8-5-12(18)9-15(14)17/h3-9,16H,10,19H2,1-2H3. The van der Waals surface area contributed by atoms with Crippen LogP contribution in [0.4, 0.5) is 10.1 Å². The minimum absolute atomic E-state index is 0.00678. The van der Waals surface area contributed by atoms with Gasteiger partial charge in [0, 0.05) is 23.8 Å². The smallest absolute Gasteiger partial charge is 0.124 e. The van der Waals surface area contributed by atoms with Gasteiger partial charge in [0.25, 0.3) is 0 Å². The lowest BCUT2D eigenvalue weighted by molar-refractivity contribution is 0.620. The molecule has 2 rings (SSSR count). The van der Waals surface area contributed by atoms with Crippen molar-refractivity contribution in [2.75, 3.05) is 18.5 Å². The Morgan fingerprint density at radius 1 is 1.20 bits per heavy atom. The van der Waals surface area contributed by atoms with Crippen LogP contribution >= 0.6 is 15.9 Å². The van der Waals surface area contributed by atoms with E-state index in [1.54, 1.807) is 6.07 Å². The average molecular weight is 337 g/mol. The molecule has 0 radical (unpaired) electrons. The molecule has 0 aliphatic rings. The summed E-state index contributed by atoms with van der Waals surface area (Å²) < 4.78 is 14.0. The van der Waals surface area contributed by atoms with E-state index in [1.807, 2.05) is 7.05 Å². The molecule has 1 unspecified atom stereocenters. The van der Waals surface area contributed by atoms with Gasteiger partial charge in [-0.2, -0.15) is 0 Å². The molecule has 4 heteroatoms. The molecule has 2 aromatic carbocycles. The molecule has 0 bridgehead atoms. The van der Waals surface area contributed by atoms with Crippen LogP contribution in [-0.2, 0) is 0 Å². The number of hydrogen-bond acceptors (Lipinski definition) is 2. The molecule has 0 amide bonds. The Hall–Kier alpha value is -1.39. The van der Waals surface area contributed by atoms with Gasteiger partial charge in [0.15, 0.2) is 0 Å². The second-order valence-corrected chi connectivity index (χ2v) is 5.72. The number of benzene rings is 2. The Labute approximate surface area is 127 Å². The topological polar surface area (TPSA) is 29.3 Å².